The molecule has 2 aromatic rings. The first-order valence-corrected chi connectivity index (χ1v) is 6.08. The summed E-state index contributed by atoms with van der Waals surface area (Å²) in [5, 5.41) is 18.3. The molecule has 5 heteroatoms. The van der Waals surface area contributed by atoms with E-state index in [2.05, 4.69) is 10.2 Å². The molecule has 0 fully saturated rings. The van der Waals surface area contributed by atoms with Crippen molar-refractivity contribution < 1.29 is 5.11 Å². The number of aromatic nitrogens is 2. The summed E-state index contributed by atoms with van der Waals surface area (Å²) in [5.41, 5.74) is 0.773. The van der Waals surface area contributed by atoms with Gasteiger partial charge in [0.15, 0.2) is 5.82 Å². The first-order valence-electron chi connectivity index (χ1n) is 5.70. The van der Waals surface area contributed by atoms with Crippen LogP contribution in [0.5, 0.6) is 5.75 Å². The number of aromatic hydroxyl groups is 1. The highest BCUT2D eigenvalue weighted by molar-refractivity contribution is 6.30. The van der Waals surface area contributed by atoms with Crippen molar-refractivity contribution in [2.75, 3.05) is 11.4 Å². The van der Waals surface area contributed by atoms with Crippen LogP contribution in [0.15, 0.2) is 36.5 Å². The standard InChI is InChI=1S/C13H14ClN3O/c1-2-17(13-4-3-7-15-16-13)9-10-8-11(14)5-6-12(10)18/h3-8,18H,2,9H2,1H3. The molecular formula is C13H14ClN3O. The first-order chi connectivity index (χ1) is 8.70. The lowest BCUT2D eigenvalue weighted by Crippen LogP contribution is -2.23. The van der Waals surface area contributed by atoms with E-state index >= 15 is 0 Å². The summed E-state index contributed by atoms with van der Waals surface area (Å²) in [7, 11) is 0. The van der Waals surface area contributed by atoms with E-state index < -0.39 is 0 Å². The van der Waals surface area contributed by atoms with Gasteiger partial charge in [-0.1, -0.05) is 11.6 Å². The zero-order chi connectivity index (χ0) is 13.0. The van der Waals surface area contributed by atoms with Crippen molar-refractivity contribution in [2.24, 2.45) is 0 Å². The molecule has 0 aliphatic carbocycles. The van der Waals surface area contributed by atoms with Crippen LogP contribution in [0.4, 0.5) is 5.82 Å². The number of hydrogen-bond donors (Lipinski definition) is 1. The summed E-state index contributed by atoms with van der Waals surface area (Å²) in [4.78, 5) is 2.01. The van der Waals surface area contributed by atoms with E-state index in [-0.39, 0.29) is 5.75 Å². The Bertz CT molecular complexity index is 519. The molecule has 0 amide bonds. The third-order valence-electron chi connectivity index (χ3n) is 2.67. The lowest BCUT2D eigenvalue weighted by atomic mass is 10.2. The van der Waals surface area contributed by atoms with E-state index in [4.69, 9.17) is 11.6 Å². The highest BCUT2D eigenvalue weighted by atomic mass is 35.5. The van der Waals surface area contributed by atoms with E-state index in [1.165, 1.54) is 0 Å². The summed E-state index contributed by atoms with van der Waals surface area (Å²) in [6.45, 7) is 3.34. The molecule has 0 atom stereocenters. The predicted octanol–water partition coefficient (Wildman–Crippen LogP) is 2.86. The molecule has 1 heterocycles. The number of phenols is 1. The molecule has 1 N–H and O–H groups in total. The second-order valence-electron chi connectivity index (χ2n) is 3.87. The molecule has 1 aromatic heterocycles. The molecule has 0 unspecified atom stereocenters. The summed E-state index contributed by atoms with van der Waals surface area (Å²) >= 11 is 5.93. The molecule has 94 valence electrons. The van der Waals surface area contributed by atoms with Crippen LogP contribution in [0.25, 0.3) is 0 Å². The summed E-state index contributed by atoms with van der Waals surface area (Å²) in [5.74, 6) is 1.01. The van der Waals surface area contributed by atoms with Gasteiger partial charge in [0.2, 0.25) is 0 Å². The van der Waals surface area contributed by atoms with Crippen LogP contribution < -0.4 is 4.90 Å². The number of halogens is 1. The molecular weight excluding hydrogens is 250 g/mol. The van der Waals surface area contributed by atoms with Crippen LogP contribution >= 0.6 is 11.6 Å². The Hall–Kier alpha value is -1.81. The average molecular weight is 264 g/mol. The minimum Gasteiger partial charge on any atom is -0.508 e. The van der Waals surface area contributed by atoms with Crippen molar-refractivity contribution in [1.29, 1.82) is 0 Å². The monoisotopic (exact) mass is 263 g/mol. The molecule has 0 spiro atoms. The van der Waals surface area contributed by atoms with Gasteiger partial charge in [-0.3, -0.25) is 0 Å². The normalized spacial score (nSPS) is 10.3. The number of benzene rings is 1. The minimum absolute atomic E-state index is 0.238. The summed E-state index contributed by atoms with van der Waals surface area (Å²) < 4.78 is 0. The smallest absolute Gasteiger partial charge is 0.151 e. The van der Waals surface area contributed by atoms with Gasteiger partial charge < -0.3 is 10.0 Å². The molecule has 0 bridgehead atoms. The Morgan fingerprint density at radius 1 is 1.33 bits per heavy atom. The summed E-state index contributed by atoms with van der Waals surface area (Å²) in [6.07, 6.45) is 1.63. The van der Waals surface area contributed by atoms with Gasteiger partial charge in [0.1, 0.15) is 5.75 Å². The predicted molar refractivity (Wildman–Crippen MR) is 71.9 cm³/mol. The van der Waals surface area contributed by atoms with Crippen molar-refractivity contribution in [3.05, 3.63) is 47.1 Å². The van der Waals surface area contributed by atoms with Gasteiger partial charge in [-0.15, -0.1) is 5.10 Å². The Labute approximate surface area is 111 Å². The number of rotatable bonds is 4. The zero-order valence-electron chi connectivity index (χ0n) is 10.0. The third-order valence-corrected chi connectivity index (χ3v) is 2.90. The lowest BCUT2D eigenvalue weighted by molar-refractivity contribution is 0.467. The van der Waals surface area contributed by atoms with E-state index in [9.17, 15) is 5.11 Å². The van der Waals surface area contributed by atoms with Crippen LogP contribution in [0, 0.1) is 0 Å². The fraction of sp³-hybridized carbons (Fsp3) is 0.231. The van der Waals surface area contributed by atoms with Crippen LogP contribution in [0.1, 0.15) is 12.5 Å². The Morgan fingerprint density at radius 2 is 2.17 bits per heavy atom. The van der Waals surface area contributed by atoms with Crippen LogP contribution in [-0.4, -0.2) is 21.8 Å². The SMILES string of the molecule is CCN(Cc1cc(Cl)ccc1O)c1cccnn1. The largest absolute Gasteiger partial charge is 0.508 e. The summed E-state index contributed by atoms with van der Waals surface area (Å²) in [6, 6.07) is 8.75. The maximum Gasteiger partial charge on any atom is 0.151 e. The molecule has 0 aliphatic rings. The second kappa shape index (κ2) is 5.69. The van der Waals surface area contributed by atoms with Crippen molar-refractivity contribution in [3.63, 3.8) is 0 Å². The van der Waals surface area contributed by atoms with E-state index in [0.29, 0.717) is 11.6 Å². The van der Waals surface area contributed by atoms with E-state index in [1.54, 1.807) is 24.4 Å². The van der Waals surface area contributed by atoms with Crippen molar-refractivity contribution in [2.45, 2.75) is 13.5 Å². The van der Waals surface area contributed by atoms with E-state index in [0.717, 1.165) is 17.9 Å². The van der Waals surface area contributed by atoms with Gasteiger partial charge in [0.05, 0.1) is 0 Å². The first kappa shape index (κ1) is 12.6. The minimum atomic E-state index is 0.238. The fourth-order valence-electron chi connectivity index (χ4n) is 1.70. The maximum atomic E-state index is 9.80. The third kappa shape index (κ3) is 2.90. The van der Waals surface area contributed by atoms with Crippen LogP contribution in [0.2, 0.25) is 5.02 Å². The van der Waals surface area contributed by atoms with Gasteiger partial charge in [0, 0.05) is 29.9 Å². The molecule has 2 rings (SSSR count). The molecule has 0 aliphatic heterocycles. The van der Waals surface area contributed by atoms with Gasteiger partial charge >= 0.3 is 0 Å². The molecule has 18 heavy (non-hydrogen) atoms. The highest BCUT2D eigenvalue weighted by Gasteiger charge is 2.10. The molecule has 4 nitrogen and oxygen atoms in total. The van der Waals surface area contributed by atoms with Crippen molar-refractivity contribution >= 4 is 17.4 Å². The van der Waals surface area contributed by atoms with Crippen molar-refractivity contribution in [1.82, 2.24) is 10.2 Å². The lowest BCUT2D eigenvalue weighted by Gasteiger charge is -2.21. The molecule has 1 aromatic carbocycles. The fourth-order valence-corrected chi connectivity index (χ4v) is 1.90. The van der Waals surface area contributed by atoms with Crippen LogP contribution in [-0.2, 0) is 6.54 Å². The topological polar surface area (TPSA) is 49.2 Å². The quantitative estimate of drug-likeness (QED) is 0.922. The zero-order valence-corrected chi connectivity index (χ0v) is 10.8. The molecule has 0 saturated heterocycles. The molecule has 0 radical (unpaired) electrons. The highest BCUT2D eigenvalue weighted by Crippen LogP contribution is 2.24. The average Bonchev–Trinajstić information content (AvgIpc) is 2.41. The maximum absolute atomic E-state index is 9.80. The Morgan fingerprint density at radius 3 is 2.83 bits per heavy atom. The van der Waals surface area contributed by atoms with Crippen molar-refractivity contribution in [3.8, 4) is 5.75 Å². The number of nitrogens with zero attached hydrogens (tertiary/aromatic N) is 3. The number of hydrogen-bond acceptors (Lipinski definition) is 4. The van der Waals surface area contributed by atoms with Gasteiger partial charge in [-0.05, 0) is 37.3 Å². The van der Waals surface area contributed by atoms with Gasteiger partial charge in [0.25, 0.3) is 0 Å². The number of anilines is 1. The Kier molecular flexibility index (Phi) is 3.99. The molecule has 0 saturated carbocycles. The van der Waals surface area contributed by atoms with E-state index in [1.807, 2.05) is 24.0 Å². The Balaban J connectivity index is 2.23. The number of phenolic OH excluding ortho intramolecular Hbond substituents is 1. The van der Waals surface area contributed by atoms with Crippen LogP contribution in [0.3, 0.4) is 0 Å². The second-order valence-corrected chi connectivity index (χ2v) is 4.31. The van der Waals surface area contributed by atoms with Gasteiger partial charge in [-0.25, -0.2) is 0 Å². The van der Waals surface area contributed by atoms with Gasteiger partial charge in [-0.2, -0.15) is 5.10 Å².